The minimum atomic E-state index is -1.02. The van der Waals surface area contributed by atoms with Gasteiger partial charge in [-0.2, -0.15) is 0 Å². The number of amides is 1. The summed E-state index contributed by atoms with van der Waals surface area (Å²) in [5.74, 6) is -2.58. The molecule has 5 rings (SSSR count). The van der Waals surface area contributed by atoms with Gasteiger partial charge >= 0.3 is 5.97 Å². The molecule has 4 aromatic rings. The van der Waals surface area contributed by atoms with Crippen LogP contribution in [-0.2, 0) is 4.74 Å². The number of carbonyl (C=O) groups excluding carboxylic acids is 2. The Morgan fingerprint density at radius 1 is 1.15 bits per heavy atom. The third-order valence-electron chi connectivity index (χ3n) is 5.47. The van der Waals surface area contributed by atoms with E-state index in [0.717, 1.165) is 23.5 Å². The van der Waals surface area contributed by atoms with E-state index in [1.54, 1.807) is 13.8 Å². The molecular weight excluding hydrogens is 466 g/mol. The van der Waals surface area contributed by atoms with Crippen LogP contribution in [0.25, 0.3) is 11.0 Å². The van der Waals surface area contributed by atoms with E-state index >= 15 is 0 Å². The van der Waals surface area contributed by atoms with Crippen molar-refractivity contribution in [1.82, 2.24) is 4.98 Å². The van der Waals surface area contributed by atoms with E-state index in [9.17, 15) is 23.2 Å². The molecule has 0 N–H and O–H groups in total. The second-order valence-corrected chi connectivity index (χ2v) is 8.55. The summed E-state index contributed by atoms with van der Waals surface area (Å²) in [7, 11) is 0. The molecule has 3 heterocycles. The van der Waals surface area contributed by atoms with E-state index in [1.807, 2.05) is 0 Å². The van der Waals surface area contributed by atoms with Gasteiger partial charge in [-0.25, -0.2) is 18.6 Å². The maximum absolute atomic E-state index is 13.9. The second-order valence-electron chi connectivity index (χ2n) is 7.58. The van der Waals surface area contributed by atoms with Crippen molar-refractivity contribution in [3.05, 3.63) is 91.8 Å². The number of esters is 1. The Morgan fingerprint density at radius 3 is 2.56 bits per heavy atom. The molecule has 2 aromatic carbocycles. The number of thiazole rings is 1. The van der Waals surface area contributed by atoms with Crippen molar-refractivity contribution in [2.75, 3.05) is 11.5 Å². The van der Waals surface area contributed by atoms with Crippen LogP contribution in [0.2, 0.25) is 0 Å². The van der Waals surface area contributed by atoms with Gasteiger partial charge in [-0.1, -0.05) is 23.5 Å². The number of aromatic nitrogens is 1. The molecule has 1 atom stereocenters. The Morgan fingerprint density at radius 2 is 1.85 bits per heavy atom. The number of hydrogen-bond acceptors (Lipinski definition) is 7. The molecule has 0 saturated carbocycles. The standard InChI is InChI=1S/C24H16F2N2O5S/c1-3-32-23(31)21-11(2)27-24(34-21)28-18(12-4-6-13(25)7-5-12)17-19(29)15-10-14(26)8-9-16(15)33-20(17)22(28)30/h4-10,18H,3H2,1-2H3/t18-/m1/s1. The molecule has 2 aromatic heterocycles. The zero-order valence-corrected chi connectivity index (χ0v) is 18.7. The normalized spacial score (nSPS) is 15.1. The van der Waals surface area contributed by atoms with Crippen LogP contribution < -0.4 is 10.3 Å². The summed E-state index contributed by atoms with van der Waals surface area (Å²) in [4.78, 5) is 45.1. The van der Waals surface area contributed by atoms with Crippen molar-refractivity contribution < 1.29 is 27.5 Å². The molecular formula is C24H16F2N2O5S. The largest absolute Gasteiger partial charge is 0.462 e. The number of benzene rings is 2. The number of fused-ring (bicyclic) bond motifs is 2. The lowest BCUT2D eigenvalue weighted by Crippen LogP contribution is -2.29. The van der Waals surface area contributed by atoms with Crippen LogP contribution in [0, 0.1) is 18.6 Å². The summed E-state index contributed by atoms with van der Waals surface area (Å²) >= 11 is 0.935. The molecule has 10 heteroatoms. The van der Waals surface area contributed by atoms with Crippen molar-refractivity contribution >= 4 is 39.3 Å². The molecule has 1 amide bonds. The number of ether oxygens (including phenoxy) is 1. The van der Waals surface area contributed by atoms with Crippen LogP contribution in [0.5, 0.6) is 0 Å². The molecule has 1 aliphatic heterocycles. The van der Waals surface area contributed by atoms with E-state index in [2.05, 4.69) is 4.98 Å². The molecule has 0 saturated heterocycles. The van der Waals surface area contributed by atoms with Crippen molar-refractivity contribution in [3.63, 3.8) is 0 Å². The van der Waals surface area contributed by atoms with Gasteiger partial charge in [0.25, 0.3) is 5.91 Å². The van der Waals surface area contributed by atoms with Crippen molar-refractivity contribution in [1.29, 1.82) is 0 Å². The Kier molecular flexibility index (Phi) is 5.24. The van der Waals surface area contributed by atoms with Crippen LogP contribution >= 0.6 is 11.3 Å². The van der Waals surface area contributed by atoms with Gasteiger partial charge in [-0.05, 0) is 49.7 Å². The quantitative estimate of drug-likeness (QED) is 0.390. The van der Waals surface area contributed by atoms with E-state index in [4.69, 9.17) is 9.15 Å². The van der Waals surface area contributed by atoms with Gasteiger partial charge in [-0.3, -0.25) is 14.5 Å². The van der Waals surface area contributed by atoms with Crippen LogP contribution in [-0.4, -0.2) is 23.5 Å². The predicted octanol–water partition coefficient (Wildman–Crippen LogP) is 4.76. The molecule has 1 aliphatic rings. The first-order chi connectivity index (χ1) is 16.3. The van der Waals surface area contributed by atoms with Gasteiger partial charge in [0.15, 0.2) is 10.6 Å². The number of anilines is 1. The number of halogens is 2. The fraction of sp³-hybridized carbons (Fsp3) is 0.167. The van der Waals surface area contributed by atoms with Gasteiger partial charge in [-0.15, -0.1) is 0 Å². The van der Waals surface area contributed by atoms with E-state index in [1.165, 1.54) is 35.2 Å². The second kappa shape index (κ2) is 8.14. The Bertz CT molecular complexity index is 1530. The van der Waals surface area contributed by atoms with Crippen molar-refractivity contribution in [2.45, 2.75) is 19.9 Å². The minimum absolute atomic E-state index is 0.0137. The molecule has 172 valence electrons. The van der Waals surface area contributed by atoms with Gasteiger partial charge in [0.05, 0.1) is 29.3 Å². The maximum Gasteiger partial charge on any atom is 0.350 e. The summed E-state index contributed by atoms with van der Waals surface area (Å²) in [6, 6.07) is 7.72. The van der Waals surface area contributed by atoms with E-state index in [-0.39, 0.29) is 38.9 Å². The third-order valence-corrected chi connectivity index (χ3v) is 6.61. The minimum Gasteiger partial charge on any atom is -0.462 e. The van der Waals surface area contributed by atoms with Crippen LogP contribution in [0.3, 0.4) is 0 Å². The van der Waals surface area contributed by atoms with Gasteiger partial charge < -0.3 is 9.15 Å². The summed E-state index contributed by atoms with van der Waals surface area (Å²) in [5, 5.41) is 0.115. The maximum atomic E-state index is 13.9. The van der Waals surface area contributed by atoms with Crippen LogP contribution in [0.15, 0.2) is 51.7 Å². The highest BCUT2D eigenvalue weighted by Gasteiger charge is 2.45. The molecule has 0 aliphatic carbocycles. The van der Waals surface area contributed by atoms with Gasteiger partial charge in [0, 0.05) is 0 Å². The first kappa shape index (κ1) is 21.9. The molecule has 0 bridgehead atoms. The van der Waals surface area contributed by atoms with Gasteiger partial charge in [0.1, 0.15) is 22.1 Å². The van der Waals surface area contributed by atoms with Crippen LogP contribution in [0.4, 0.5) is 13.9 Å². The number of hydrogen-bond donors (Lipinski definition) is 0. The third kappa shape index (κ3) is 3.38. The Labute approximate surface area is 195 Å². The fourth-order valence-corrected chi connectivity index (χ4v) is 4.96. The molecule has 34 heavy (non-hydrogen) atoms. The van der Waals surface area contributed by atoms with Crippen molar-refractivity contribution in [2.24, 2.45) is 0 Å². The zero-order chi connectivity index (χ0) is 24.1. The Balaban J connectivity index is 1.75. The first-order valence-corrected chi connectivity index (χ1v) is 11.1. The van der Waals surface area contributed by atoms with Crippen LogP contribution in [0.1, 0.15) is 50.0 Å². The molecule has 0 spiro atoms. The average molecular weight is 482 g/mol. The lowest BCUT2D eigenvalue weighted by atomic mass is 9.98. The summed E-state index contributed by atoms with van der Waals surface area (Å²) in [5.41, 5.74) is 0.231. The zero-order valence-electron chi connectivity index (χ0n) is 17.9. The summed E-state index contributed by atoms with van der Waals surface area (Å²) in [6.07, 6.45) is 0. The van der Waals surface area contributed by atoms with E-state index < -0.39 is 35.0 Å². The lowest BCUT2D eigenvalue weighted by molar-refractivity contribution is 0.0531. The molecule has 7 nitrogen and oxygen atoms in total. The highest BCUT2D eigenvalue weighted by Crippen LogP contribution is 2.43. The Hall–Kier alpha value is -3.92. The molecule has 0 fully saturated rings. The fourth-order valence-electron chi connectivity index (χ4n) is 3.97. The first-order valence-electron chi connectivity index (χ1n) is 10.3. The lowest BCUT2D eigenvalue weighted by Gasteiger charge is -2.22. The summed E-state index contributed by atoms with van der Waals surface area (Å²) in [6.45, 7) is 3.44. The monoisotopic (exact) mass is 482 g/mol. The topological polar surface area (TPSA) is 89.7 Å². The number of carbonyl (C=O) groups is 2. The number of nitrogens with zero attached hydrogens (tertiary/aromatic N) is 2. The number of aryl methyl sites for hydroxylation is 1. The van der Waals surface area contributed by atoms with Crippen molar-refractivity contribution in [3.8, 4) is 0 Å². The smallest absolute Gasteiger partial charge is 0.350 e. The average Bonchev–Trinajstić information content (AvgIpc) is 3.33. The predicted molar refractivity (Wildman–Crippen MR) is 120 cm³/mol. The SMILES string of the molecule is CCOC(=O)c1sc(N2C(=O)c3oc4ccc(F)cc4c(=O)c3[C@H]2c2ccc(F)cc2)nc1C. The van der Waals surface area contributed by atoms with Gasteiger partial charge in [0.2, 0.25) is 5.76 Å². The molecule has 0 unspecified atom stereocenters. The highest BCUT2D eigenvalue weighted by molar-refractivity contribution is 7.17. The highest BCUT2D eigenvalue weighted by atomic mass is 32.1. The summed E-state index contributed by atoms with van der Waals surface area (Å²) < 4.78 is 38.4. The molecule has 0 radical (unpaired) electrons. The van der Waals surface area contributed by atoms with E-state index in [0.29, 0.717) is 11.3 Å². The number of rotatable bonds is 4.